The first kappa shape index (κ1) is 22.4. The van der Waals surface area contributed by atoms with Crippen LogP contribution in [0.3, 0.4) is 0 Å². The van der Waals surface area contributed by atoms with E-state index in [1.165, 1.54) is 10.4 Å². The first-order valence-electron chi connectivity index (χ1n) is 9.05. The smallest absolute Gasteiger partial charge is 0.305 e. The van der Waals surface area contributed by atoms with Crippen molar-refractivity contribution in [2.45, 2.75) is 33.2 Å². The van der Waals surface area contributed by atoms with Crippen LogP contribution in [0.25, 0.3) is 11.3 Å². The number of aliphatic carboxylic acids is 1. The molecule has 7 heteroatoms. The number of rotatable bonds is 9. The summed E-state index contributed by atoms with van der Waals surface area (Å²) in [6.45, 7) is 5.58. The largest absolute Gasteiger partial charge is 0.481 e. The molecule has 0 aliphatic carbocycles. The molecule has 0 saturated carbocycles. The van der Waals surface area contributed by atoms with Crippen LogP contribution in [0.1, 0.15) is 30.7 Å². The summed E-state index contributed by atoms with van der Waals surface area (Å²) < 4.78 is 0. The molecule has 0 atom stereocenters. The highest BCUT2D eigenvalue weighted by molar-refractivity contribution is 7.14. The third kappa shape index (κ3) is 6.33. The molecule has 0 amide bonds. The number of aromatic nitrogens is 1. The van der Waals surface area contributed by atoms with Crippen LogP contribution in [0, 0.1) is 5.92 Å². The quantitative estimate of drug-likeness (QED) is 0.448. The molecule has 4 nitrogen and oxygen atoms in total. The third-order valence-corrected chi connectivity index (χ3v) is 5.94. The van der Waals surface area contributed by atoms with Crippen molar-refractivity contribution in [2.75, 3.05) is 11.4 Å². The minimum atomic E-state index is -0.788. The summed E-state index contributed by atoms with van der Waals surface area (Å²) in [6.07, 6.45) is 1.18. The lowest BCUT2D eigenvalue weighted by molar-refractivity contribution is -0.136. The average molecular weight is 437 g/mol. The van der Waals surface area contributed by atoms with Gasteiger partial charge in [0.1, 0.15) is 0 Å². The predicted octanol–water partition coefficient (Wildman–Crippen LogP) is 5.97. The van der Waals surface area contributed by atoms with Crippen LogP contribution in [0.2, 0.25) is 0 Å². The van der Waals surface area contributed by atoms with Gasteiger partial charge < -0.3 is 10.0 Å². The van der Waals surface area contributed by atoms with Gasteiger partial charge in [0, 0.05) is 22.4 Å². The van der Waals surface area contributed by atoms with Gasteiger partial charge in [-0.3, -0.25) is 4.79 Å². The topological polar surface area (TPSA) is 53.4 Å². The van der Waals surface area contributed by atoms with Crippen LogP contribution in [-0.4, -0.2) is 22.6 Å². The van der Waals surface area contributed by atoms with E-state index in [9.17, 15) is 4.79 Å². The zero-order valence-corrected chi connectivity index (χ0v) is 18.4. The van der Waals surface area contributed by atoms with Gasteiger partial charge in [-0.25, -0.2) is 4.98 Å². The maximum atomic E-state index is 11.0. The van der Waals surface area contributed by atoms with E-state index in [1.54, 1.807) is 22.7 Å². The number of nitrogens with zero attached hydrogens (tertiary/aromatic N) is 2. The lowest BCUT2D eigenvalue weighted by Gasteiger charge is -2.20. The Balaban J connectivity index is 0.00000280. The second kappa shape index (κ2) is 10.6. The highest BCUT2D eigenvalue weighted by Crippen LogP contribution is 2.29. The number of halogens is 1. The number of hydrogen-bond donors (Lipinski definition) is 1. The SMILES string of the molecule is CC(C)Cc1ccc(-c2csc(N(CCC(=O)O)Cc3cccs3)n2)cc1.Cl. The number of hydrogen-bond acceptors (Lipinski definition) is 5. The Kier molecular flexibility index (Phi) is 8.48. The van der Waals surface area contributed by atoms with Crippen molar-refractivity contribution in [1.29, 1.82) is 0 Å². The van der Waals surface area contributed by atoms with Crippen molar-refractivity contribution in [3.63, 3.8) is 0 Å². The molecule has 0 unspecified atom stereocenters. The molecule has 2 aromatic heterocycles. The molecule has 0 spiro atoms. The summed E-state index contributed by atoms with van der Waals surface area (Å²) in [7, 11) is 0. The van der Waals surface area contributed by atoms with E-state index in [-0.39, 0.29) is 18.8 Å². The molecule has 3 rings (SSSR count). The molecule has 2 heterocycles. The van der Waals surface area contributed by atoms with Gasteiger partial charge in [-0.15, -0.1) is 35.1 Å². The van der Waals surface area contributed by atoms with E-state index < -0.39 is 5.97 Å². The monoisotopic (exact) mass is 436 g/mol. The molecule has 0 fully saturated rings. The first-order chi connectivity index (χ1) is 13.0. The fourth-order valence-corrected chi connectivity index (χ4v) is 4.47. The van der Waals surface area contributed by atoms with E-state index in [2.05, 4.69) is 54.5 Å². The number of benzene rings is 1. The molecular weight excluding hydrogens is 412 g/mol. The molecule has 1 aromatic carbocycles. The van der Waals surface area contributed by atoms with Gasteiger partial charge in [-0.05, 0) is 29.3 Å². The highest BCUT2D eigenvalue weighted by atomic mass is 35.5. The number of anilines is 1. The predicted molar refractivity (Wildman–Crippen MR) is 121 cm³/mol. The van der Waals surface area contributed by atoms with E-state index in [4.69, 9.17) is 10.1 Å². The zero-order chi connectivity index (χ0) is 19.2. The second-order valence-corrected chi connectivity index (χ2v) is 8.82. The molecule has 0 bridgehead atoms. The van der Waals surface area contributed by atoms with Crippen LogP contribution in [-0.2, 0) is 17.8 Å². The van der Waals surface area contributed by atoms with Gasteiger partial charge in [0.25, 0.3) is 0 Å². The summed E-state index contributed by atoms with van der Waals surface area (Å²) >= 11 is 3.24. The van der Waals surface area contributed by atoms with E-state index >= 15 is 0 Å². The molecule has 0 radical (unpaired) electrons. The highest BCUT2D eigenvalue weighted by Gasteiger charge is 2.15. The number of thiazole rings is 1. The fourth-order valence-electron chi connectivity index (χ4n) is 2.89. The van der Waals surface area contributed by atoms with E-state index in [0.29, 0.717) is 19.0 Å². The van der Waals surface area contributed by atoms with Crippen LogP contribution < -0.4 is 4.90 Å². The standard InChI is InChI=1S/C21H24N2O2S2.ClH/c1-15(2)12-16-5-7-17(8-6-16)19-14-27-21(22-19)23(10-9-20(24)25)13-18-4-3-11-26-18;/h3-8,11,14-15H,9-10,12-13H2,1-2H3,(H,24,25);1H. The number of carboxylic acids is 1. The number of carboxylic acid groups (broad SMARTS) is 1. The molecule has 28 heavy (non-hydrogen) atoms. The van der Waals surface area contributed by atoms with E-state index in [0.717, 1.165) is 22.8 Å². The van der Waals surface area contributed by atoms with Crippen LogP contribution in [0.15, 0.2) is 47.2 Å². The Hall–Kier alpha value is -1.89. The Morgan fingerprint density at radius 2 is 1.93 bits per heavy atom. The lowest BCUT2D eigenvalue weighted by atomic mass is 10.0. The van der Waals surface area contributed by atoms with Crippen molar-refractivity contribution >= 4 is 46.2 Å². The summed E-state index contributed by atoms with van der Waals surface area (Å²) in [4.78, 5) is 19.1. The fraction of sp³-hybridized carbons (Fsp3) is 0.333. The summed E-state index contributed by atoms with van der Waals surface area (Å²) in [5, 5.41) is 14.0. The van der Waals surface area contributed by atoms with E-state index in [1.807, 2.05) is 11.4 Å². The Morgan fingerprint density at radius 1 is 1.18 bits per heavy atom. The minimum Gasteiger partial charge on any atom is -0.481 e. The van der Waals surface area contributed by atoms with Crippen LogP contribution >= 0.6 is 35.1 Å². The van der Waals surface area contributed by atoms with Crippen molar-refractivity contribution in [1.82, 2.24) is 4.98 Å². The summed E-state index contributed by atoms with van der Waals surface area (Å²) in [6, 6.07) is 12.7. The lowest BCUT2D eigenvalue weighted by Crippen LogP contribution is -2.25. The maximum absolute atomic E-state index is 11.0. The Labute approximate surface area is 180 Å². The van der Waals surface area contributed by atoms with Gasteiger partial charge in [-0.2, -0.15) is 0 Å². The summed E-state index contributed by atoms with van der Waals surface area (Å²) in [5.41, 5.74) is 3.38. The van der Waals surface area contributed by atoms with Crippen LogP contribution in [0.4, 0.5) is 5.13 Å². The van der Waals surface area contributed by atoms with Gasteiger partial charge in [-0.1, -0.05) is 44.2 Å². The Bertz CT molecular complexity index is 861. The number of thiophene rings is 1. The van der Waals surface area contributed by atoms with Crippen molar-refractivity contribution in [3.8, 4) is 11.3 Å². The molecular formula is C21H25ClN2O2S2. The average Bonchev–Trinajstić information content (AvgIpc) is 3.30. The van der Waals surface area contributed by atoms with Gasteiger partial charge >= 0.3 is 5.97 Å². The van der Waals surface area contributed by atoms with Crippen molar-refractivity contribution < 1.29 is 9.90 Å². The summed E-state index contributed by atoms with van der Waals surface area (Å²) in [5.74, 6) is -0.148. The maximum Gasteiger partial charge on any atom is 0.305 e. The normalized spacial score (nSPS) is 10.7. The molecule has 150 valence electrons. The zero-order valence-electron chi connectivity index (χ0n) is 16.0. The van der Waals surface area contributed by atoms with Gasteiger partial charge in [0.05, 0.1) is 18.7 Å². The molecule has 0 aliphatic heterocycles. The Morgan fingerprint density at radius 3 is 2.54 bits per heavy atom. The van der Waals surface area contributed by atoms with Crippen molar-refractivity contribution in [2.24, 2.45) is 5.92 Å². The van der Waals surface area contributed by atoms with Gasteiger partial charge in [0.2, 0.25) is 0 Å². The molecule has 1 N–H and O–H groups in total. The first-order valence-corrected chi connectivity index (χ1v) is 10.8. The molecule has 0 saturated heterocycles. The molecule has 0 aliphatic rings. The number of carbonyl (C=O) groups is 1. The van der Waals surface area contributed by atoms with Crippen molar-refractivity contribution in [3.05, 3.63) is 57.6 Å². The second-order valence-electron chi connectivity index (χ2n) is 6.95. The third-order valence-electron chi connectivity index (χ3n) is 4.18. The van der Waals surface area contributed by atoms with Crippen LogP contribution in [0.5, 0.6) is 0 Å². The van der Waals surface area contributed by atoms with Gasteiger partial charge in [0.15, 0.2) is 5.13 Å². The molecule has 3 aromatic rings. The minimum absolute atomic E-state index is 0.